The van der Waals surface area contributed by atoms with Crippen LogP contribution in [-0.4, -0.2) is 27.3 Å². The van der Waals surface area contributed by atoms with Gasteiger partial charge in [-0.2, -0.15) is 0 Å². The Balaban J connectivity index is 1.71. The third-order valence-electron chi connectivity index (χ3n) is 3.42. The quantitative estimate of drug-likeness (QED) is 0.891. The number of nitrogens with zero attached hydrogens (tertiary/aromatic N) is 2. The highest BCUT2D eigenvalue weighted by Crippen LogP contribution is 2.33. The topological polar surface area (TPSA) is 75.1 Å². The van der Waals surface area contributed by atoms with E-state index >= 15 is 0 Å². The molecule has 0 bridgehead atoms. The molecule has 1 aromatic carbocycles. The Labute approximate surface area is 116 Å². The lowest BCUT2D eigenvalue weighted by Crippen LogP contribution is -2.11. The van der Waals surface area contributed by atoms with Crippen molar-refractivity contribution in [3.8, 4) is 11.3 Å². The van der Waals surface area contributed by atoms with Gasteiger partial charge in [0.2, 0.25) is 0 Å². The molecule has 1 fully saturated rings. The first-order valence-electron chi connectivity index (χ1n) is 6.53. The molecule has 0 aliphatic heterocycles. The minimum Gasteiger partial charge on any atom is -0.481 e. The van der Waals surface area contributed by atoms with Crippen molar-refractivity contribution >= 4 is 11.8 Å². The first-order valence-corrected chi connectivity index (χ1v) is 6.53. The van der Waals surface area contributed by atoms with Crippen molar-refractivity contribution in [3.05, 3.63) is 42.0 Å². The molecule has 1 aromatic heterocycles. The number of carbonyl (C=O) groups is 1. The Hall–Kier alpha value is -2.43. The predicted octanol–water partition coefficient (Wildman–Crippen LogP) is 2.34. The summed E-state index contributed by atoms with van der Waals surface area (Å²) in [6, 6.07) is 11.8. The Kier molecular flexibility index (Phi) is 3.10. The number of benzene rings is 1. The Morgan fingerprint density at radius 2 is 2.15 bits per heavy atom. The number of rotatable bonds is 4. The highest BCUT2D eigenvalue weighted by molar-refractivity contribution is 5.75. The van der Waals surface area contributed by atoms with E-state index in [0.717, 1.165) is 11.3 Å². The molecule has 0 amide bonds. The summed E-state index contributed by atoms with van der Waals surface area (Å²) < 4.78 is 0. The molecule has 3 rings (SSSR count). The van der Waals surface area contributed by atoms with Crippen molar-refractivity contribution in [2.24, 2.45) is 5.92 Å². The third-order valence-corrected chi connectivity index (χ3v) is 3.42. The van der Waals surface area contributed by atoms with Crippen LogP contribution in [0.4, 0.5) is 5.82 Å². The van der Waals surface area contributed by atoms with Gasteiger partial charge in [0.25, 0.3) is 0 Å². The van der Waals surface area contributed by atoms with Crippen LogP contribution in [0.3, 0.4) is 0 Å². The van der Waals surface area contributed by atoms with E-state index in [1.165, 1.54) is 5.56 Å². The summed E-state index contributed by atoms with van der Waals surface area (Å²) >= 11 is 0. The molecule has 1 aliphatic carbocycles. The van der Waals surface area contributed by atoms with Crippen LogP contribution >= 0.6 is 0 Å². The highest BCUT2D eigenvalue weighted by Gasteiger charge is 2.43. The van der Waals surface area contributed by atoms with Crippen LogP contribution in [0.5, 0.6) is 0 Å². The summed E-state index contributed by atoms with van der Waals surface area (Å²) in [7, 11) is 0. The fraction of sp³-hybridized carbons (Fsp3) is 0.267. The van der Waals surface area contributed by atoms with Gasteiger partial charge in [-0.3, -0.25) is 4.79 Å². The number of nitrogens with one attached hydrogen (secondary N) is 1. The van der Waals surface area contributed by atoms with Gasteiger partial charge in [0, 0.05) is 11.6 Å². The maximum atomic E-state index is 10.8. The Morgan fingerprint density at radius 1 is 1.30 bits per heavy atom. The van der Waals surface area contributed by atoms with Crippen molar-refractivity contribution in [1.29, 1.82) is 0 Å². The van der Waals surface area contributed by atoms with Gasteiger partial charge in [-0.1, -0.05) is 23.8 Å². The number of hydrogen-bond acceptors (Lipinski definition) is 4. The number of aryl methyl sites for hydroxylation is 1. The van der Waals surface area contributed by atoms with Crippen molar-refractivity contribution in [2.75, 3.05) is 5.32 Å². The molecule has 1 heterocycles. The number of anilines is 1. The van der Waals surface area contributed by atoms with Gasteiger partial charge in [-0.25, -0.2) is 0 Å². The van der Waals surface area contributed by atoms with Crippen molar-refractivity contribution in [3.63, 3.8) is 0 Å². The number of hydrogen-bond donors (Lipinski definition) is 2. The van der Waals surface area contributed by atoms with Crippen molar-refractivity contribution in [1.82, 2.24) is 10.2 Å². The summed E-state index contributed by atoms with van der Waals surface area (Å²) in [6.07, 6.45) is 0.649. The van der Waals surface area contributed by atoms with Crippen LogP contribution in [0.1, 0.15) is 12.0 Å². The normalized spacial score (nSPS) is 20.4. The number of carboxylic acid groups (broad SMARTS) is 1. The molecule has 0 saturated heterocycles. The fourth-order valence-corrected chi connectivity index (χ4v) is 2.18. The summed E-state index contributed by atoms with van der Waals surface area (Å²) in [6.45, 7) is 2.03. The maximum Gasteiger partial charge on any atom is 0.308 e. The van der Waals surface area contributed by atoms with Crippen molar-refractivity contribution < 1.29 is 9.90 Å². The maximum absolute atomic E-state index is 10.8. The molecular weight excluding hydrogens is 254 g/mol. The number of aromatic nitrogens is 2. The van der Waals surface area contributed by atoms with Crippen LogP contribution < -0.4 is 5.32 Å². The lowest BCUT2D eigenvalue weighted by Gasteiger charge is -2.05. The van der Waals surface area contributed by atoms with E-state index in [9.17, 15) is 4.79 Å². The van der Waals surface area contributed by atoms with Gasteiger partial charge >= 0.3 is 5.97 Å². The molecular formula is C15H15N3O2. The third kappa shape index (κ3) is 2.61. The lowest BCUT2D eigenvalue weighted by molar-refractivity contribution is -0.138. The average molecular weight is 269 g/mol. The molecule has 5 heteroatoms. The summed E-state index contributed by atoms with van der Waals surface area (Å²) in [5.74, 6) is -0.435. The number of aliphatic carboxylic acids is 1. The van der Waals surface area contributed by atoms with Crippen LogP contribution in [0.25, 0.3) is 11.3 Å². The molecule has 0 spiro atoms. The van der Waals surface area contributed by atoms with E-state index in [0.29, 0.717) is 12.2 Å². The lowest BCUT2D eigenvalue weighted by atomic mass is 10.1. The Morgan fingerprint density at radius 3 is 2.75 bits per heavy atom. The SMILES string of the molecule is Cc1cccc(-c2ccc(NC3CC3C(=O)O)nn2)c1. The van der Waals surface area contributed by atoms with Crippen LogP contribution in [-0.2, 0) is 4.79 Å². The minimum atomic E-state index is -0.758. The van der Waals surface area contributed by atoms with Crippen LogP contribution in [0, 0.1) is 12.8 Å². The van der Waals surface area contributed by atoms with Gasteiger partial charge in [-0.15, -0.1) is 10.2 Å². The van der Waals surface area contributed by atoms with Gasteiger partial charge in [0.05, 0.1) is 11.6 Å². The van der Waals surface area contributed by atoms with Crippen molar-refractivity contribution in [2.45, 2.75) is 19.4 Å². The summed E-state index contributed by atoms with van der Waals surface area (Å²) in [4.78, 5) is 10.8. The average Bonchev–Trinajstić information content (AvgIpc) is 3.19. The van der Waals surface area contributed by atoms with Crippen LogP contribution in [0.15, 0.2) is 36.4 Å². The van der Waals surface area contributed by atoms with E-state index in [4.69, 9.17) is 5.11 Å². The molecule has 20 heavy (non-hydrogen) atoms. The highest BCUT2D eigenvalue weighted by atomic mass is 16.4. The molecule has 2 atom stereocenters. The second-order valence-electron chi connectivity index (χ2n) is 5.10. The molecule has 2 aromatic rings. The second-order valence-corrected chi connectivity index (χ2v) is 5.10. The zero-order valence-electron chi connectivity index (χ0n) is 11.1. The zero-order chi connectivity index (χ0) is 14.1. The van der Waals surface area contributed by atoms with Gasteiger partial charge in [-0.05, 0) is 31.5 Å². The van der Waals surface area contributed by atoms with E-state index in [2.05, 4.69) is 21.6 Å². The van der Waals surface area contributed by atoms with Gasteiger partial charge in [0.1, 0.15) is 5.82 Å². The van der Waals surface area contributed by atoms with Crippen LogP contribution in [0.2, 0.25) is 0 Å². The molecule has 2 unspecified atom stereocenters. The predicted molar refractivity (Wildman–Crippen MR) is 75.4 cm³/mol. The van der Waals surface area contributed by atoms with E-state index in [-0.39, 0.29) is 12.0 Å². The smallest absolute Gasteiger partial charge is 0.308 e. The largest absolute Gasteiger partial charge is 0.481 e. The standard InChI is InChI=1S/C15H15N3O2/c1-9-3-2-4-10(7-9)12-5-6-14(18-17-12)16-13-8-11(13)15(19)20/h2-7,11,13H,8H2,1H3,(H,16,18)(H,19,20). The summed E-state index contributed by atoms with van der Waals surface area (Å²) in [5.41, 5.74) is 3.01. The molecule has 5 nitrogen and oxygen atoms in total. The monoisotopic (exact) mass is 269 g/mol. The molecule has 1 saturated carbocycles. The summed E-state index contributed by atoms with van der Waals surface area (Å²) in [5, 5.41) is 20.2. The fourth-order valence-electron chi connectivity index (χ4n) is 2.18. The molecule has 1 aliphatic rings. The molecule has 2 N–H and O–H groups in total. The molecule has 102 valence electrons. The number of carboxylic acids is 1. The zero-order valence-corrected chi connectivity index (χ0v) is 11.1. The van der Waals surface area contributed by atoms with Gasteiger partial charge < -0.3 is 10.4 Å². The molecule has 0 radical (unpaired) electrons. The van der Waals surface area contributed by atoms with Gasteiger partial charge in [0.15, 0.2) is 0 Å². The second kappa shape index (κ2) is 4.92. The van der Waals surface area contributed by atoms with E-state index in [1.807, 2.05) is 37.3 Å². The van der Waals surface area contributed by atoms with E-state index < -0.39 is 5.97 Å². The first kappa shape index (κ1) is 12.6. The first-order chi connectivity index (χ1) is 9.63. The Bertz CT molecular complexity index is 640. The minimum absolute atomic E-state index is 0.0216. The van der Waals surface area contributed by atoms with E-state index in [1.54, 1.807) is 0 Å².